The first-order chi connectivity index (χ1) is 20.8. The Bertz CT molecular complexity index is 1590. The van der Waals surface area contributed by atoms with Crippen LogP contribution in [0, 0.1) is 5.92 Å². The van der Waals surface area contributed by atoms with E-state index in [1.165, 1.54) is 30.1 Å². The molecule has 1 saturated heterocycles. The van der Waals surface area contributed by atoms with Gasteiger partial charge < -0.3 is 14.4 Å². The molecule has 1 atom stereocenters. The zero-order valence-corrected chi connectivity index (χ0v) is 24.7. The predicted molar refractivity (Wildman–Crippen MR) is 153 cm³/mol. The highest BCUT2D eigenvalue weighted by atomic mass is 19.4. The van der Waals surface area contributed by atoms with Crippen LogP contribution in [0.15, 0.2) is 42.7 Å². The first kappa shape index (κ1) is 29.3. The van der Waals surface area contributed by atoms with E-state index < -0.39 is 29.0 Å². The number of alkyl halides is 5. The Morgan fingerprint density at radius 3 is 2.48 bits per heavy atom. The molecule has 2 aliphatic heterocycles. The average molecular weight is 615 g/mol. The lowest BCUT2D eigenvalue weighted by Crippen LogP contribution is -2.51. The minimum atomic E-state index is -4.63. The van der Waals surface area contributed by atoms with Crippen molar-refractivity contribution in [1.29, 1.82) is 0 Å². The summed E-state index contributed by atoms with van der Waals surface area (Å²) < 4.78 is 73.6. The van der Waals surface area contributed by atoms with Gasteiger partial charge in [0.25, 0.3) is 5.91 Å². The molecule has 3 aromatic rings. The number of nitrogens with zero attached hydrogens (tertiary/aromatic N) is 6. The number of halogens is 5. The number of amides is 1. The van der Waals surface area contributed by atoms with Crippen LogP contribution >= 0.6 is 0 Å². The molecule has 4 aliphatic rings. The number of fused-ring (bicyclic) bond motifs is 1. The Kier molecular flexibility index (Phi) is 6.89. The van der Waals surface area contributed by atoms with Crippen molar-refractivity contribution in [3.05, 3.63) is 76.4 Å². The minimum absolute atomic E-state index is 0.0464. The number of hydrogen-bond acceptors (Lipinski definition) is 5. The lowest BCUT2D eigenvalue weighted by Gasteiger charge is -2.48. The number of carbonyl (C=O) groups excluding carboxylic acids is 1. The number of carbonyl (C=O) groups is 1. The molecule has 2 aliphatic carbocycles. The Balaban J connectivity index is 1.18. The molecule has 1 amide bonds. The molecule has 1 unspecified atom stereocenters. The Morgan fingerprint density at radius 2 is 1.82 bits per heavy atom. The summed E-state index contributed by atoms with van der Waals surface area (Å²) in [5.74, 6) is -2.15. The molecule has 0 N–H and O–H groups in total. The van der Waals surface area contributed by atoms with Gasteiger partial charge in [0.1, 0.15) is 12.2 Å². The van der Waals surface area contributed by atoms with E-state index in [0.717, 1.165) is 19.6 Å². The Hall–Kier alpha value is -3.38. The Morgan fingerprint density at radius 1 is 1.05 bits per heavy atom. The van der Waals surface area contributed by atoms with Gasteiger partial charge in [0.05, 0.1) is 12.1 Å². The molecular formula is C32H35F5N6O. The predicted octanol–water partition coefficient (Wildman–Crippen LogP) is 5.43. The largest absolute Gasteiger partial charge is 0.416 e. The van der Waals surface area contributed by atoms with Gasteiger partial charge in [-0.05, 0) is 66.8 Å². The molecule has 0 bridgehead atoms. The summed E-state index contributed by atoms with van der Waals surface area (Å²) in [6.45, 7) is 2.50. The molecule has 0 spiro atoms. The average Bonchev–Trinajstić information content (AvgIpc) is 3.64. The van der Waals surface area contributed by atoms with E-state index in [0.29, 0.717) is 41.1 Å². The van der Waals surface area contributed by atoms with Gasteiger partial charge in [-0.2, -0.15) is 13.2 Å². The molecule has 12 heteroatoms. The molecule has 7 nitrogen and oxygen atoms in total. The van der Waals surface area contributed by atoms with Gasteiger partial charge in [0.2, 0.25) is 5.92 Å². The summed E-state index contributed by atoms with van der Waals surface area (Å²) in [5, 5.41) is 7.96. The van der Waals surface area contributed by atoms with Gasteiger partial charge in [0, 0.05) is 75.2 Å². The molecule has 2 saturated carbocycles. The number of hydrogen-bond donors (Lipinski definition) is 0. The molecule has 1 aromatic heterocycles. The van der Waals surface area contributed by atoms with Gasteiger partial charge >= 0.3 is 6.18 Å². The van der Waals surface area contributed by atoms with Crippen LogP contribution in [0.2, 0.25) is 0 Å². The zero-order valence-electron chi connectivity index (χ0n) is 24.7. The van der Waals surface area contributed by atoms with Crippen LogP contribution in [-0.2, 0) is 38.1 Å². The van der Waals surface area contributed by atoms with Crippen molar-refractivity contribution >= 4 is 11.6 Å². The van der Waals surface area contributed by atoms with Gasteiger partial charge in [-0.25, -0.2) is 8.78 Å². The van der Waals surface area contributed by atoms with Crippen molar-refractivity contribution in [1.82, 2.24) is 24.6 Å². The van der Waals surface area contributed by atoms with Crippen molar-refractivity contribution in [2.24, 2.45) is 13.0 Å². The number of likely N-dealkylation sites (N-methyl/N-ethyl adjacent to an activating group) is 1. The van der Waals surface area contributed by atoms with E-state index in [-0.39, 0.29) is 36.9 Å². The van der Waals surface area contributed by atoms with Crippen LogP contribution in [0.1, 0.15) is 64.1 Å². The third-order valence-corrected chi connectivity index (χ3v) is 10.0. The quantitative estimate of drug-likeness (QED) is 0.333. The van der Waals surface area contributed by atoms with Crippen LogP contribution in [0.25, 0.3) is 0 Å². The van der Waals surface area contributed by atoms with Crippen molar-refractivity contribution in [3.63, 3.8) is 0 Å². The second-order valence-electron chi connectivity index (χ2n) is 13.3. The maximum Gasteiger partial charge on any atom is 0.416 e. The monoisotopic (exact) mass is 614 g/mol. The third-order valence-electron chi connectivity index (χ3n) is 10.0. The third kappa shape index (κ3) is 5.29. The van der Waals surface area contributed by atoms with E-state index in [1.54, 1.807) is 41.9 Å². The number of anilines is 1. The van der Waals surface area contributed by atoms with Crippen LogP contribution in [0.5, 0.6) is 0 Å². The van der Waals surface area contributed by atoms with Crippen molar-refractivity contribution < 1.29 is 26.7 Å². The van der Waals surface area contributed by atoms with E-state index in [1.807, 2.05) is 0 Å². The van der Waals surface area contributed by atoms with Crippen LogP contribution in [-0.4, -0.2) is 69.1 Å². The summed E-state index contributed by atoms with van der Waals surface area (Å²) in [6, 6.07) is 9.95. The molecule has 44 heavy (non-hydrogen) atoms. The number of aromatic nitrogens is 3. The molecule has 3 fully saturated rings. The van der Waals surface area contributed by atoms with Gasteiger partial charge in [-0.3, -0.25) is 9.69 Å². The fraction of sp³-hybridized carbons (Fsp3) is 0.531. The fourth-order valence-electron chi connectivity index (χ4n) is 7.52. The SMILES string of the molecule is CN1CCN(Cc2cc3c(c(C(F)(F)F)c2)CN(c2cccc(C4(Cc5nncn5C)CC(F)(F)C4)c2)C3=O)CC1C1CC1. The number of rotatable bonds is 7. The minimum Gasteiger partial charge on any atom is -0.321 e. The summed E-state index contributed by atoms with van der Waals surface area (Å²) >= 11 is 0. The lowest BCUT2D eigenvalue weighted by atomic mass is 9.60. The van der Waals surface area contributed by atoms with E-state index >= 15 is 0 Å². The van der Waals surface area contributed by atoms with E-state index in [2.05, 4.69) is 27.0 Å². The Labute approximate surface area is 252 Å². The zero-order chi connectivity index (χ0) is 31.0. The molecule has 7 rings (SSSR count). The topological polar surface area (TPSA) is 57.5 Å². The van der Waals surface area contributed by atoms with Crippen molar-refractivity contribution in [2.75, 3.05) is 31.6 Å². The summed E-state index contributed by atoms with van der Waals surface area (Å²) in [5.41, 5.74) is -0.254. The van der Waals surface area contributed by atoms with Gasteiger partial charge in [-0.15, -0.1) is 10.2 Å². The van der Waals surface area contributed by atoms with E-state index in [4.69, 9.17) is 0 Å². The van der Waals surface area contributed by atoms with Crippen LogP contribution < -0.4 is 4.90 Å². The van der Waals surface area contributed by atoms with Crippen LogP contribution in [0.3, 0.4) is 0 Å². The normalized spacial score (nSPS) is 23.6. The number of piperazine rings is 1. The molecule has 234 valence electrons. The maximum atomic E-state index is 14.4. The first-order valence-corrected chi connectivity index (χ1v) is 15.1. The summed E-state index contributed by atoms with van der Waals surface area (Å²) in [4.78, 5) is 19.6. The number of aryl methyl sites for hydroxylation is 1. The second-order valence-corrected chi connectivity index (χ2v) is 13.3. The highest BCUT2D eigenvalue weighted by Crippen LogP contribution is 2.55. The van der Waals surface area contributed by atoms with Gasteiger partial charge in [-0.1, -0.05) is 12.1 Å². The number of benzene rings is 2. The second kappa shape index (κ2) is 10.3. The molecule has 2 aromatic carbocycles. The van der Waals surface area contributed by atoms with Crippen molar-refractivity contribution in [2.45, 2.75) is 68.7 Å². The molecule has 3 heterocycles. The summed E-state index contributed by atoms with van der Waals surface area (Å²) in [6.07, 6.45) is -1.29. The van der Waals surface area contributed by atoms with Crippen molar-refractivity contribution in [3.8, 4) is 0 Å². The molecule has 0 radical (unpaired) electrons. The smallest absolute Gasteiger partial charge is 0.321 e. The molecular weight excluding hydrogens is 579 g/mol. The maximum absolute atomic E-state index is 14.4. The van der Waals surface area contributed by atoms with Crippen LogP contribution in [0.4, 0.5) is 27.6 Å². The standard InChI is InChI=1S/C32H35F5N6O/c1-40-8-9-42(16-27(40)21-6-7-21)14-20-10-24-25(26(11-20)32(35,36)37)15-43(29(24)44)23-5-3-4-22(12-23)30(17-31(33,34)18-30)13-28-39-38-19-41(28)2/h3-5,10-12,19,21,27H,6-9,13-18H2,1-2H3. The van der Waals surface area contributed by atoms with Gasteiger partial charge in [0.15, 0.2) is 0 Å². The summed E-state index contributed by atoms with van der Waals surface area (Å²) in [7, 11) is 3.85. The highest BCUT2D eigenvalue weighted by molar-refractivity contribution is 6.10. The lowest BCUT2D eigenvalue weighted by molar-refractivity contribution is -0.138. The fourth-order valence-corrected chi connectivity index (χ4v) is 7.52. The van der Waals surface area contributed by atoms with E-state index in [9.17, 15) is 26.7 Å². The first-order valence-electron chi connectivity index (χ1n) is 15.1. The highest BCUT2D eigenvalue weighted by Gasteiger charge is 2.57.